The Morgan fingerprint density at radius 3 is 2.39 bits per heavy atom. The molecule has 10 heteroatoms. The number of anilines is 2. The van der Waals surface area contributed by atoms with Gasteiger partial charge in [0.15, 0.2) is 0 Å². The molecule has 3 aromatic heterocycles. The second-order valence-corrected chi connectivity index (χ2v) is 12.1. The summed E-state index contributed by atoms with van der Waals surface area (Å²) >= 11 is 1.56. The number of thiazole rings is 1. The molecule has 194 valence electrons. The van der Waals surface area contributed by atoms with Gasteiger partial charge >= 0.3 is 0 Å². The summed E-state index contributed by atoms with van der Waals surface area (Å²) in [5.41, 5.74) is 3.09. The number of hydrogen-bond acceptors (Lipinski definition) is 10. The smallest absolute Gasteiger partial charge is 0.225 e. The highest BCUT2D eigenvalue weighted by molar-refractivity contribution is 7.21. The molecule has 0 aliphatic heterocycles. The minimum Gasteiger partial charge on any atom is -0.390 e. The van der Waals surface area contributed by atoms with Gasteiger partial charge in [0.05, 0.1) is 39.4 Å². The predicted octanol–water partition coefficient (Wildman–Crippen LogP) is 3.58. The summed E-state index contributed by atoms with van der Waals surface area (Å²) in [5.74, 6) is 1.25. The van der Waals surface area contributed by atoms with E-state index >= 15 is 0 Å². The molecule has 5 atom stereocenters. The summed E-state index contributed by atoms with van der Waals surface area (Å²) in [6, 6.07) is 1.81. The van der Waals surface area contributed by atoms with Crippen LogP contribution in [0.25, 0.3) is 20.8 Å². The number of aryl methyl sites for hydroxylation is 3. The number of nitrogens with one attached hydrogen (secondary N) is 2. The SMILES string of the molecule is Cc1cc2sc(-c3c(C)nc(N[C@H](C)C4CC4)nc3NC3C[C@H](C(C)(C)O)[C@@H](O)[C@H]3O)nc2c(C)n1. The quantitative estimate of drug-likeness (QED) is 0.322. The van der Waals surface area contributed by atoms with E-state index in [9.17, 15) is 15.3 Å². The van der Waals surface area contributed by atoms with Crippen LogP contribution >= 0.6 is 11.3 Å². The molecular weight excluding hydrogens is 476 g/mol. The molecule has 0 aromatic carbocycles. The van der Waals surface area contributed by atoms with Gasteiger partial charge in [0, 0.05) is 17.7 Å². The molecule has 0 saturated heterocycles. The van der Waals surface area contributed by atoms with E-state index in [0.717, 1.165) is 37.9 Å². The molecule has 1 unspecified atom stereocenters. The molecule has 3 aromatic rings. The van der Waals surface area contributed by atoms with Crippen molar-refractivity contribution in [2.24, 2.45) is 11.8 Å². The Hall–Kier alpha value is -2.40. The molecule has 2 aliphatic rings. The molecular formula is C26H36N6O3S. The fraction of sp³-hybridized carbons (Fsp3) is 0.615. The van der Waals surface area contributed by atoms with Crippen molar-refractivity contribution in [3.8, 4) is 10.6 Å². The lowest BCUT2D eigenvalue weighted by atomic mass is 9.88. The Morgan fingerprint density at radius 2 is 1.75 bits per heavy atom. The van der Waals surface area contributed by atoms with Crippen LogP contribution in [-0.4, -0.2) is 65.1 Å². The van der Waals surface area contributed by atoms with E-state index in [-0.39, 0.29) is 6.04 Å². The van der Waals surface area contributed by atoms with Crippen LogP contribution in [-0.2, 0) is 0 Å². The van der Waals surface area contributed by atoms with Gasteiger partial charge in [-0.2, -0.15) is 4.98 Å². The number of aliphatic hydroxyl groups excluding tert-OH is 2. The van der Waals surface area contributed by atoms with Crippen LogP contribution in [0.1, 0.15) is 57.1 Å². The zero-order chi connectivity index (χ0) is 25.9. The highest BCUT2D eigenvalue weighted by atomic mass is 32.1. The maximum absolute atomic E-state index is 10.9. The van der Waals surface area contributed by atoms with Crippen molar-refractivity contribution >= 4 is 33.3 Å². The van der Waals surface area contributed by atoms with E-state index in [1.54, 1.807) is 25.2 Å². The topological polar surface area (TPSA) is 136 Å². The van der Waals surface area contributed by atoms with Crippen LogP contribution in [0.2, 0.25) is 0 Å². The van der Waals surface area contributed by atoms with Gasteiger partial charge in [-0.1, -0.05) is 0 Å². The summed E-state index contributed by atoms with van der Waals surface area (Å²) in [4.78, 5) is 19.1. The number of hydrogen-bond donors (Lipinski definition) is 5. The zero-order valence-corrected chi connectivity index (χ0v) is 22.5. The summed E-state index contributed by atoms with van der Waals surface area (Å²) < 4.78 is 1.04. The summed E-state index contributed by atoms with van der Waals surface area (Å²) in [7, 11) is 0. The fourth-order valence-electron chi connectivity index (χ4n) is 5.31. The molecule has 2 saturated carbocycles. The fourth-order valence-corrected chi connectivity index (χ4v) is 6.52. The van der Waals surface area contributed by atoms with Gasteiger partial charge in [0.2, 0.25) is 5.95 Å². The van der Waals surface area contributed by atoms with Crippen molar-refractivity contribution < 1.29 is 15.3 Å². The number of nitrogens with zero attached hydrogens (tertiary/aromatic N) is 4. The van der Waals surface area contributed by atoms with Crippen LogP contribution in [0, 0.1) is 32.6 Å². The molecule has 0 radical (unpaired) electrons. The van der Waals surface area contributed by atoms with Crippen LogP contribution in [0.15, 0.2) is 6.07 Å². The Balaban J connectivity index is 1.56. The third kappa shape index (κ3) is 4.79. The lowest BCUT2D eigenvalue weighted by molar-refractivity contribution is -0.0601. The molecule has 0 spiro atoms. The van der Waals surface area contributed by atoms with Crippen molar-refractivity contribution in [3.05, 3.63) is 23.1 Å². The zero-order valence-electron chi connectivity index (χ0n) is 21.7. The molecule has 0 amide bonds. The Morgan fingerprint density at radius 1 is 1.03 bits per heavy atom. The predicted molar refractivity (Wildman–Crippen MR) is 142 cm³/mol. The number of pyridine rings is 1. The minimum atomic E-state index is -1.12. The van der Waals surface area contributed by atoms with Gasteiger partial charge in [-0.25, -0.2) is 9.97 Å². The van der Waals surface area contributed by atoms with Crippen molar-refractivity contribution in [2.75, 3.05) is 10.6 Å². The summed E-state index contributed by atoms with van der Waals surface area (Å²) in [6.45, 7) is 11.3. The molecule has 5 N–H and O–H groups in total. The van der Waals surface area contributed by atoms with E-state index in [4.69, 9.17) is 15.0 Å². The maximum atomic E-state index is 10.9. The third-order valence-corrected chi connectivity index (χ3v) is 8.60. The molecule has 2 aliphatic carbocycles. The van der Waals surface area contributed by atoms with Crippen molar-refractivity contribution in [2.45, 2.75) is 90.7 Å². The number of rotatable bonds is 7. The minimum absolute atomic E-state index is 0.265. The summed E-state index contributed by atoms with van der Waals surface area (Å²) in [6.07, 6.45) is 0.729. The Labute approximate surface area is 215 Å². The van der Waals surface area contributed by atoms with Crippen LogP contribution in [0.4, 0.5) is 11.8 Å². The van der Waals surface area contributed by atoms with E-state index < -0.39 is 29.8 Å². The maximum Gasteiger partial charge on any atom is 0.225 e. The Kier molecular flexibility index (Phi) is 6.43. The van der Waals surface area contributed by atoms with Crippen LogP contribution in [0.3, 0.4) is 0 Å². The highest BCUT2D eigenvalue weighted by Gasteiger charge is 2.48. The van der Waals surface area contributed by atoms with Crippen molar-refractivity contribution in [3.63, 3.8) is 0 Å². The Bertz CT molecular complexity index is 1280. The van der Waals surface area contributed by atoms with Gasteiger partial charge in [0.1, 0.15) is 22.4 Å². The average Bonchev–Trinajstić information content (AvgIpc) is 3.48. The van der Waals surface area contributed by atoms with E-state index in [1.165, 1.54) is 12.8 Å². The monoisotopic (exact) mass is 512 g/mol. The number of aromatic nitrogens is 4. The standard InChI is InChI=1S/C26H36N6O3S/c1-11-9-18-20(14(4)27-11)31-24(36-18)19-13(3)29-25(28-12(2)15-7-8-15)32-23(19)30-17-10-16(26(5,6)35)21(33)22(17)34/h9,12,15-17,21-22,33-35H,7-8,10H2,1-6H3,(H2,28,29,30,32)/t12-,16+,17?,21-,22+/m1/s1. The first-order valence-corrected chi connectivity index (χ1v) is 13.5. The van der Waals surface area contributed by atoms with Crippen molar-refractivity contribution in [1.29, 1.82) is 0 Å². The molecule has 36 heavy (non-hydrogen) atoms. The lowest BCUT2D eigenvalue weighted by Gasteiger charge is -2.28. The first kappa shape index (κ1) is 25.3. The largest absolute Gasteiger partial charge is 0.390 e. The molecule has 9 nitrogen and oxygen atoms in total. The second-order valence-electron chi connectivity index (χ2n) is 11.1. The van der Waals surface area contributed by atoms with Crippen molar-refractivity contribution in [1.82, 2.24) is 19.9 Å². The van der Waals surface area contributed by atoms with Gasteiger partial charge < -0.3 is 26.0 Å². The molecule has 5 rings (SSSR count). The number of fused-ring (bicyclic) bond motifs is 1. The van der Waals surface area contributed by atoms with Crippen LogP contribution < -0.4 is 10.6 Å². The van der Waals surface area contributed by atoms with Gasteiger partial charge in [-0.3, -0.25) is 4.98 Å². The van der Waals surface area contributed by atoms with E-state index in [2.05, 4.69) is 22.5 Å². The first-order valence-electron chi connectivity index (χ1n) is 12.7. The highest BCUT2D eigenvalue weighted by Crippen LogP contribution is 2.41. The van der Waals surface area contributed by atoms with Crippen LogP contribution in [0.5, 0.6) is 0 Å². The van der Waals surface area contributed by atoms with Gasteiger partial charge in [-0.15, -0.1) is 11.3 Å². The molecule has 3 heterocycles. The molecule has 0 bridgehead atoms. The van der Waals surface area contributed by atoms with Gasteiger partial charge in [-0.05, 0) is 72.8 Å². The average molecular weight is 513 g/mol. The summed E-state index contributed by atoms with van der Waals surface area (Å²) in [5, 5.41) is 39.7. The second kappa shape index (κ2) is 9.16. The number of aliphatic hydroxyl groups is 3. The van der Waals surface area contributed by atoms with Gasteiger partial charge in [0.25, 0.3) is 0 Å². The lowest BCUT2D eigenvalue weighted by Crippen LogP contribution is -2.40. The molecule has 2 fully saturated rings. The third-order valence-electron chi connectivity index (χ3n) is 7.58. The first-order chi connectivity index (χ1) is 16.9. The van der Waals surface area contributed by atoms with E-state index in [1.807, 2.05) is 26.8 Å². The van der Waals surface area contributed by atoms with E-state index in [0.29, 0.717) is 24.1 Å². The normalized spacial score (nSPS) is 25.4.